The number of rotatable bonds is 5. The maximum atomic E-state index is 5.21. The molecule has 0 unspecified atom stereocenters. The van der Waals surface area contributed by atoms with Crippen molar-refractivity contribution in [3.05, 3.63) is 46.2 Å². The van der Waals surface area contributed by atoms with Crippen molar-refractivity contribution in [1.29, 1.82) is 0 Å². The van der Waals surface area contributed by atoms with Crippen LogP contribution in [0, 0.1) is 0 Å². The summed E-state index contributed by atoms with van der Waals surface area (Å²) in [6.45, 7) is 1.60. The number of nitrogens with zero attached hydrogens (tertiary/aromatic N) is 2. The van der Waals surface area contributed by atoms with Crippen LogP contribution in [0.15, 0.2) is 35.1 Å². The fraction of sp³-hybridized carbons (Fsp3) is 0.308. The Morgan fingerprint density at radius 3 is 2.89 bits per heavy atom. The highest BCUT2D eigenvalue weighted by atomic mass is 79.9. The SMILES string of the molecule is CNCc1cnn(Cc2ccc(OC)c(Br)c2)c1. The fourth-order valence-corrected chi connectivity index (χ4v) is 2.37. The largest absolute Gasteiger partial charge is 0.496 e. The standard InChI is InChI=1S/C13H16BrN3O/c1-15-6-11-7-16-17(9-11)8-10-3-4-13(18-2)12(14)5-10/h3-5,7,9,15H,6,8H2,1-2H3. The number of hydrogen-bond donors (Lipinski definition) is 1. The molecule has 1 N–H and O–H groups in total. The van der Waals surface area contributed by atoms with E-state index in [4.69, 9.17) is 4.74 Å². The Morgan fingerprint density at radius 1 is 1.39 bits per heavy atom. The van der Waals surface area contributed by atoms with Crippen LogP contribution >= 0.6 is 15.9 Å². The van der Waals surface area contributed by atoms with Gasteiger partial charge in [0.25, 0.3) is 0 Å². The van der Waals surface area contributed by atoms with E-state index in [1.165, 1.54) is 11.1 Å². The van der Waals surface area contributed by atoms with Crippen molar-refractivity contribution < 1.29 is 4.74 Å². The summed E-state index contributed by atoms with van der Waals surface area (Å²) < 4.78 is 8.10. The van der Waals surface area contributed by atoms with E-state index in [1.54, 1.807) is 7.11 Å². The van der Waals surface area contributed by atoms with Gasteiger partial charge in [0.1, 0.15) is 5.75 Å². The second-order valence-corrected chi connectivity index (χ2v) is 4.90. The van der Waals surface area contributed by atoms with Crippen LogP contribution in [0.4, 0.5) is 0 Å². The Balaban J connectivity index is 2.10. The van der Waals surface area contributed by atoms with E-state index in [2.05, 4.69) is 38.6 Å². The maximum absolute atomic E-state index is 5.21. The van der Waals surface area contributed by atoms with Crippen LogP contribution in [-0.4, -0.2) is 23.9 Å². The van der Waals surface area contributed by atoms with Gasteiger partial charge in [-0.2, -0.15) is 5.10 Å². The molecule has 1 aromatic heterocycles. The molecular weight excluding hydrogens is 294 g/mol. The highest BCUT2D eigenvalue weighted by molar-refractivity contribution is 9.10. The van der Waals surface area contributed by atoms with Gasteiger partial charge < -0.3 is 10.1 Å². The smallest absolute Gasteiger partial charge is 0.133 e. The lowest BCUT2D eigenvalue weighted by Crippen LogP contribution is -2.04. The molecule has 18 heavy (non-hydrogen) atoms. The van der Waals surface area contributed by atoms with Gasteiger partial charge in [-0.15, -0.1) is 0 Å². The summed E-state index contributed by atoms with van der Waals surface area (Å²) in [4.78, 5) is 0. The lowest BCUT2D eigenvalue weighted by Gasteiger charge is -2.06. The van der Waals surface area contributed by atoms with Gasteiger partial charge >= 0.3 is 0 Å². The van der Waals surface area contributed by atoms with Gasteiger partial charge in [-0.25, -0.2) is 0 Å². The molecule has 0 saturated carbocycles. The van der Waals surface area contributed by atoms with Crippen molar-refractivity contribution in [1.82, 2.24) is 15.1 Å². The summed E-state index contributed by atoms with van der Waals surface area (Å²) in [5.41, 5.74) is 2.37. The normalized spacial score (nSPS) is 10.6. The summed E-state index contributed by atoms with van der Waals surface area (Å²) in [5.74, 6) is 0.843. The maximum Gasteiger partial charge on any atom is 0.133 e. The molecule has 1 aromatic carbocycles. The molecule has 1 heterocycles. The first-order valence-corrected chi connectivity index (χ1v) is 6.50. The molecule has 0 amide bonds. The summed E-state index contributed by atoms with van der Waals surface area (Å²) in [6.07, 6.45) is 3.93. The van der Waals surface area contributed by atoms with Crippen LogP contribution < -0.4 is 10.1 Å². The zero-order chi connectivity index (χ0) is 13.0. The number of benzene rings is 1. The van der Waals surface area contributed by atoms with Crippen LogP contribution in [-0.2, 0) is 13.1 Å². The third-order valence-electron chi connectivity index (χ3n) is 2.63. The molecule has 5 heteroatoms. The lowest BCUT2D eigenvalue weighted by molar-refractivity contribution is 0.412. The van der Waals surface area contributed by atoms with Gasteiger partial charge in [0.05, 0.1) is 24.3 Å². The van der Waals surface area contributed by atoms with Crippen LogP contribution in [0.2, 0.25) is 0 Å². The highest BCUT2D eigenvalue weighted by Gasteiger charge is 2.03. The van der Waals surface area contributed by atoms with Crippen LogP contribution in [0.5, 0.6) is 5.75 Å². The number of nitrogens with one attached hydrogen (secondary N) is 1. The number of hydrogen-bond acceptors (Lipinski definition) is 3. The minimum Gasteiger partial charge on any atom is -0.496 e. The van der Waals surface area contributed by atoms with Gasteiger partial charge in [-0.1, -0.05) is 6.07 Å². The van der Waals surface area contributed by atoms with Gasteiger partial charge in [-0.3, -0.25) is 4.68 Å². The minimum atomic E-state index is 0.756. The molecule has 0 aliphatic rings. The van der Waals surface area contributed by atoms with E-state index in [0.717, 1.165) is 23.3 Å². The van der Waals surface area contributed by atoms with Crippen molar-refractivity contribution in [2.24, 2.45) is 0 Å². The molecule has 0 aliphatic carbocycles. The monoisotopic (exact) mass is 309 g/mol. The number of halogens is 1. The van der Waals surface area contributed by atoms with Crippen LogP contribution in [0.3, 0.4) is 0 Å². The van der Waals surface area contributed by atoms with E-state index < -0.39 is 0 Å². The van der Waals surface area contributed by atoms with E-state index in [1.807, 2.05) is 30.1 Å². The van der Waals surface area contributed by atoms with E-state index >= 15 is 0 Å². The molecule has 0 aliphatic heterocycles. The van der Waals surface area contributed by atoms with Crippen LogP contribution in [0.25, 0.3) is 0 Å². The average Bonchev–Trinajstić information content (AvgIpc) is 2.77. The van der Waals surface area contributed by atoms with Crippen molar-refractivity contribution in [2.45, 2.75) is 13.1 Å². The Labute approximate surface area is 115 Å². The van der Waals surface area contributed by atoms with Crippen molar-refractivity contribution in [3.63, 3.8) is 0 Å². The van der Waals surface area contributed by atoms with Gasteiger partial charge in [0.15, 0.2) is 0 Å². The third kappa shape index (κ3) is 3.11. The summed E-state index contributed by atoms with van der Waals surface area (Å²) in [6, 6.07) is 6.05. The third-order valence-corrected chi connectivity index (χ3v) is 3.25. The zero-order valence-electron chi connectivity index (χ0n) is 10.5. The zero-order valence-corrected chi connectivity index (χ0v) is 12.1. The molecule has 2 aromatic rings. The predicted octanol–water partition coefficient (Wildman–Crippen LogP) is 2.42. The molecular formula is C13H16BrN3O. The Bertz CT molecular complexity index is 525. The first-order chi connectivity index (χ1) is 8.72. The van der Waals surface area contributed by atoms with Crippen molar-refractivity contribution in [3.8, 4) is 5.75 Å². The van der Waals surface area contributed by atoms with E-state index in [-0.39, 0.29) is 0 Å². The molecule has 96 valence electrons. The summed E-state index contributed by atoms with van der Waals surface area (Å²) >= 11 is 3.49. The van der Waals surface area contributed by atoms with Crippen molar-refractivity contribution in [2.75, 3.05) is 14.2 Å². The van der Waals surface area contributed by atoms with Gasteiger partial charge in [-0.05, 0) is 40.7 Å². The first kappa shape index (κ1) is 13.1. The Hall–Kier alpha value is -1.33. The summed E-state index contributed by atoms with van der Waals surface area (Å²) in [7, 11) is 3.59. The molecule has 0 spiro atoms. The van der Waals surface area contributed by atoms with Gasteiger partial charge in [0.2, 0.25) is 0 Å². The topological polar surface area (TPSA) is 39.1 Å². The number of aromatic nitrogens is 2. The number of methoxy groups -OCH3 is 1. The number of ether oxygens (including phenoxy) is 1. The highest BCUT2D eigenvalue weighted by Crippen LogP contribution is 2.25. The lowest BCUT2D eigenvalue weighted by atomic mass is 10.2. The molecule has 0 saturated heterocycles. The minimum absolute atomic E-state index is 0.756. The Morgan fingerprint density at radius 2 is 2.22 bits per heavy atom. The quantitative estimate of drug-likeness (QED) is 0.922. The second-order valence-electron chi connectivity index (χ2n) is 4.05. The first-order valence-electron chi connectivity index (χ1n) is 5.71. The van der Waals surface area contributed by atoms with Crippen LogP contribution in [0.1, 0.15) is 11.1 Å². The molecule has 0 fully saturated rings. The van der Waals surface area contributed by atoms with E-state index in [0.29, 0.717) is 0 Å². The average molecular weight is 310 g/mol. The fourth-order valence-electron chi connectivity index (χ4n) is 1.78. The predicted molar refractivity (Wildman–Crippen MR) is 74.8 cm³/mol. The molecule has 4 nitrogen and oxygen atoms in total. The van der Waals surface area contributed by atoms with Crippen molar-refractivity contribution >= 4 is 15.9 Å². The second kappa shape index (κ2) is 6.02. The summed E-state index contributed by atoms with van der Waals surface area (Å²) in [5, 5.41) is 7.44. The Kier molecular flexibility index (Phi) is 4.38. The molecule has 0 radical (unpaired) electrons. The molecule has 2 rings (SSSR count). The molecule has 0 bridgehead atoms. The van der Waals surface area contributed by atoms with Gasteiger partial charge in [0, 0.05) is 18.3 Å². The van der Waals surface area contributed by atoms with E-state index in [9.17, 15) is 0 Å². The molecule has 0 atom stereocenters.